The lowest BCUT2D eigenvalue weighted by atomic mass is 9.90. The first-order chi connectivity index (χ1) is 12.1. The van der Waals surface area contributed by atoms with E-state index in [4.69, 9.17) is 9.47 Å². The summed E-state index contributed by atoms with van der Waals surface area (Å²) in [5, 5.41) is 0. The molecule has 3 aliphatic rings. The smallest absolute Gasteiger partial charge is 0.268 e. The number of ether oxygens (including phenoxy) is 2. The summed E-state index contributed by atoms with van der Waals surface area (Å²) in [4.78, 5) is 29.1. The molecule has 6 heteroatoms. The predicted molar refractivity (Wildman–Crippen MR) is 92.6 cm³/mol. The van der Waals surface area contributed by atoms with Crippen molar-refractivity contribution in [1.82, 2.24) is 4.90 Å². The van der Waals surface area contributed by atoms with Crippen LogP contribution in [0.15, 0.2) is 24.3 Å². The third kappa shape index (κ3) is 2.99. The largest absolute Gasteiger partial charge is 0.479 e. The molecule has 1 saturated heterocycles. The van der Waals surface area contributed by atoms with E-state index in [0.29, 0.717) is 24.6 Å². The minimum absolute atomic E-state index is 0.00236. The van der Waals surface area contributed by atoms with Crippen molar-refractivity contribution in [2.45, 2.75) is 50.9 Å². The average Bonchev–Trinajstić information content (AvgIpc) is 2.64. The van der Waals surface area contributed by atoms with E-state index in [0.717, 1.165) is 25.7 Å². The van der Waals surface area contributed by atoms with Crippen LogP contribution in [-0.2, 0) is 14.3 Å². The normalized spacial score (nSPS) is 28.8. The molecule has 2 amide bonds. The zero-order valence-electron chi connectivity index (χ0n) is 14.5. The van der Waals surface area contributed by atoms with Gasteiger partial charge in [0.05, 0.1) is 24.4 Å². The van der Waals surface area contributed by atoms with Gasteiger partial charge in [-0.3, -0.25) is 14.5 Å². The number of rotatable bonds is 2. The van der Waals surface area contributed by atoms with Crippen LogP contribution in [0.3, 0.4) is 0 Å². The number of para-hydroxylation sites is 2. The molecule has 1 aliphatic carbocycles. The predicted octanol–water partition coefficient (Wildman–Crippen LogP) is 1.97. The van der Waals surface area contributed by atoms with E-state index < -0.39 is 6.10 Å². The fourth-order valence-electron chi connectivity index (χ4n) is 4.15. The number of carbonyl (C=O) groups is 2. The zero-order valence-corrected chi connectivity index (χ0v) is 14.5. The van der Waals surface area contributed by atoms with E-state index in [1.165, 1.54) is 0 Å². The van der Waals surface area contributed by atoms with Gasteiger partial charge < -0.3 is 14.4 Å². The first kappa shape index (κ1) is 16.4. The van der Waals surface area contributed by atoms with E-state index >= 15 is 0 Å². The van der Waals surface area contributed by atoms with Crippen LogP contribution in [0.1, 0.15) is 32.6 Å². The number of hydrogen-bond donors (Lipinski definition) is 0. The summed E-state index contributed by atoms with van der Waals surface area (Å²) in [5.74, 6) is 0.484. The Balaban J connectivity index is 1.54. The molecule has 134 valence electrons. The fourth-order valence-corrected chi connectivity index (χ4v) is 4.15. The summed E-state index contributed by atoms with van der Waals surface area (Å²) in [6.45, 7) is 2.97. The number of benzene rings is 1. The van der Waals surface area contributed by atoms with E-state index in [9.17, 15) is 9.59 Å². The van der Waals surface area contributed by atoms with Gasteiger partial charge in [-0.2, -0.15) is 0 Å². The van der Waals surface area contributed by atoms with Gasteiger partial charge in [0, 0.05) is 6.54 Å². The molecule has 2 fully saturated rings. The minimum Gasteiger partial charge on any atom is -0.479 e. The van der Waals surface area contributed by atoms with E-state index in [1.807, 2.05) is 29.2 Å². The van der Waals surface area contributed by atoms with Crippen molar-refractivity contribution < 1.29 is 19.1 Å². The highest BCUT2D eigenvalue weighted by atomic mass is 16.5. The SMILES string of the molecule is C[C@@H]1Oc2ccccc2N(CC(=O)N2CCO[C@@H]3CCCC[C@@H]32)C1=O. The Kier molecular flexibility index (Phi) is 4.37. The van der Waals surface area contributed by atoms with Crippen LogP contribution in [-0.4, -0.2) is 54.7 Å². The summed E-state index contributed by atoms with van der Waals surface area (Å²) in [7, 11) is 0. The van der Waals surface area contributed by atoms with Gasteiger partial charge in [-0.05, 0) is 31.9 Å². The van der Waals surface area contributed by atoms with E-state index in [-0.39, 0.29) is 30.5 Å². The fraction of sp³-hybridized carbons (Fsp3) is 0.579. The summed E-state index contributed by atoms with van der Waals surface area (Å²) < 4.78 is 11.5. The molecule has 3 atom stereocenters. The van der Waals surface area contributed by atoms with E-state index in [2.05, 4.69) is 0 Å². The van der Waals surface area contributed by atoms with Crippen LogP contribution >= 0.6 is 0 Å². The Morgan fingerprint density at radius 1 is 1.24 bits per heavy atom. The maximum absolute atomic E-state index is 13.0. The molecule has 0 aromatic heterocycles. The van der Waals surface area contributed by atoms with Crippen molar-refractivity contribution in [1.29, 1.82) is 0 Å². The second kappa shape index (κ2) is 6.67. The molecule has 6 nitrogen and oxygen atoms in total. The van der Waals surface area contributed by atoms with Crippen molar-refractivity contribution in [2.24, 2.45) is 0 Å². The summed E-state index contributed by atoms with van der Waals surface area (Å²) in [5.41, 5.74) is 0.674. The third-order valence-corrected chi connectivity index (χ3v) is 5.42. The Morgan fingerprint density at radius 2 is 2.04 bits per heavy atom. The number of morpholine rings is 1. The Hall–Kier alpha value is -2.08. The molecule has 0 N–H and O–H groups in total. The van der Waals surface area contributed by atoms with Crippen LogP contribution in [0.25, 0.3) is 0 Å². The molecule has 1 aromatic carbocycles. The van der Waals surface area contributed by atoms with Crippen LogP contribution in [0, 0.1) is 0 Å². The van der Waals surface area contributed by atoms with Gasteiger partial charge in [-0.15, -0.1) is 0 Å². The third-order valence-electron chi connectivity index (χ3n) is 5.42. The Morgan fingerprint density at radius 3 is 2.92 bits per heavy atom. The molecule has 2 heterocycles. The van der Waals surface area contributed by atoms with Crippen LogP contribution in [0.5, 0.6) is 5.75 Å². The lowest BCUT2D eigenvalue weighted by Gasteiger charge is -2.44. The first-order valence-corrected chi connectivity index (χ1v) is 9.13. The van der Waals surface area contributed by atoms with Gasteiger partial charge >= 0.3 is 0 Å². The second-order valence-electron chi connectivity index (χ2n) is 7.00. The molecule has 0 unspecified atom stereocenters. The number of fused-ring (bicyclic) bond motifs is 2. The lowest BCUT2D eigenvalue weighted by Crippen LogP contribution is -2.58. The van der Waals surface area contributed by atoms with Gasteiger partial charge in [0.15, 0.2) is 6.10 Å². The highest BCUT2D eigenvalue weighted by molar-refractivity contribution is 6.03. The molecule has 0 spiro atoms. The zero-order chi connectivity index (χ0) is 17.4. The van der Waals surface area contributed by atoms with Crippen LogP contribution < -0.4 is 9.64 Å². The van der Waals surface area contributed by atoms with Gasteiger partial charge in [-0.1, -0.05) is 25.0 Å². The van der Waals surface area contributed by atoms with E-state index in [1.54, 1.807) is 11.8 Å². The number of carbonyl (C=O) groups excluding carboxylic acids is 2. The van der Waals surface area contributed by atoms with Gasteiger partial charge in [0.25, 0.3) is 5.91 Å². The first-order valence-electron chi connectivity index (χ1n) is 9.13. The standard InChI is InChI=1S/C19H24N2O4/c1-13-19(23)21(15-7-3-5-9-17(15)25-13)12-18(22)20-10-11-24-16-8-4-2-6-14(16)20/h3,5,7,9,13-14,16H,2,4,6,8,10-12H2,1H3/t13-,14-,16+/m0/s1. The number of anilines is 1. The number of hydrogen-bond acceptors (Lipinski definition) is 4. The van der Waals surface area contributed by atoms with Crippen molar-refractivity contribution >= 4 is 17.5 Å². The molecule has 1 aromatic rings. The molecule has 1 saturated carbocycles. The van der Waals surface area contributed by atoms with Crippen LogP contribution in [0.4, 0.5) is 5.69 Å². The molecule has 4 rings (SSSR count). The number of nitrogens with zero attached hydrogens (tertiary/aromatic N) is 2. The molecular formula is C19H24N2O4. The molecule has 0 bridgehead atoms. The monoisotopic (exact) mass is 344 g/mol. The molecular weight excluding hydrogens is 320 g/mol. The van der Waals surface area contributed by atoms with Crippen molar-refractivity contribution in [2.75, 3.05) is 24.6 Å². The summed E-state index contributed by atoms with van der Waals surface area (Å²) >= 11 is 0. The van der Waals surface area contributed by atoms with Gasteiger partial charge in [0.2, 0.25) is 5.91 Å². The summed E-state index contributed by atoms with van der Waals surface area (Å²) in [6.07, 6.45) is 3.87. The van der Waals surface area contributed by atoms with Gasteiger partial charge in [-0.25, -0.2) is 0 Å². The van der Waals surface area contributed by atoms with Crippen molar-refractivity contribution in [3.8, 4) is 5.75 Å². The van der Waals surface area contributed by atoms with Crippen molar-refractivity contribution in [3.05, 3.63) is 24.3 Å². The Bertz CT molecular complexity index is 675. The molecule has 0 radical (unpaired) electrons. The summed E-state index contributed by atoms with van der Waals surface area (Å²) in [6, 6.07) is 7.54. The van der Waals surface area contributed by atoms with Gasteiger partial charge in [0.1, 0.15) is 12.3 Å². The highest BCUT2D eigenvalue weighted by Crippen LogP contribution is 2.34. The average molecular weight is 344 g/mol. The van der Waals surface area contributed by atoms with Crippen molar-refractivity contribution in [3.63, 3.8) is 0 Å². The second-order valence-corrected chi connectivity index (χ2v) is 7.00. The maximum atomic E-state index is 13.0. The number of amides is 2. The highest BCUT2D eigenvalue weighted by Gasteiger charge is 2.39. The van der Waals surface area contributed by atoms with Crippen LogP contribution in [0.2, 0.25) is 0 Å². The minimum atomic E-state index is -0.574. The topological polar surface area (TPSA) is 59.1 Å². The lowest BCUT2D eigenvalue weighted by molar-refractivity contribution is -0.149. The quantitative estimate of drug-likeness (QED) is 0.823. The molecule has 25 heavy (non-hydrogen) atoms. The Labute approximate surface area is 147 Å². The molecule has 2 aliphatic heterocycles. The maximum Gasteiger partial charge on any atom is 0.268 e.